The number of pyridine rings is 1. The van der Waals surface area contributed by atoms with Gasteiger partial charge in [0, 0.05) is 18.5 Å². The lowest BCUT2D eigenvalue weighted by Crippen LogP contribution is -1.80. The Morgan fingerprint density at radius 1 is 1.47 bits per heavy atom. The molecule has 0 aromatic carbocycles. The molecule has 2 aromatic rings. The van der Waals surface area contributed by atoms with Crippen LogP contribution in [0.4, 0.5) is 0 Å². The standard InChI is InChI=1S/C12H10ClN3O/c1-8-10(5-6-14-2)17-12(16-8)9-3-4-11(13)15-7-9/h3-7H,2H2,1H3/b6-5-. The first-order valence-electron chi connectivity index (χ1n) is 4.92. The first-order valence-corrected chi connectivity index (χ1v) is 5.30. The molecule has 5 heteroatoms. The number of halogens is 1. The van der Waals surface area contributed by atoms with E-state index in [1.165, 1.54) is 0 Å². The second-order valence-electron chi connectivity index (χ2n) is 3.34. The fourth-order valence-electron chi connectivity index (χ4n) is 1.31. The minimum atomic E-state index is 0.438. The number of hydrogen-bond donors (Lipinski definition) is 0. The molecule has 0 saturated heterocycles. The third-order valence-corrected chi connectivity index (χ3v) is 2.36. The molecule has 86 valence electrons. The molecule has 0 fully saturated rings. The molecule has 0 unspecified atom stereocenters. The van der Waals surface area contributed by atoms with E-state index >= 15 is 0 Å². The molecule has 0 radical (unpaired) electrons. The highest BCUT2D eigenvalue weighted by Gasteiger charge is 2.09. The van der Waals surface area contributed by atoms with Gasteiger partial charge >= 0.3 is 0 Å². The molecule has 0 N–H and O–H groups in total. The third kappa shape index (κ3) is 2.60. The van der Waals surface area contributed by atoms with E-state index in [9.17, 15) is 0 Å². The molecule has 4 nitrogen and oxygen atoms in total. The van der Waals surface area contributed by atoms with E-state index in [0.717, 1.165) is 11.3 Å². The second kappa shape index (κ2) is 4.93. The van der Waals surface area contributed by atoms with Gasteiger partial charge in [-0.05, 0) is 25.8 Å². The summed E-state index contributed by atoms with van der Waals surface area (Å²) < 4.78 is 5.57. The zero-order chi connectivity index (χ0) is 12.3. The molecule has 0 aliphatic carbocycles. The molecule has 2 aromatic heterocycles. The van der Waals surface area contributed by atoms with Crippen molar-refractivity contribution in [2.75, 3.05) is 0 Å². The predicted molar refractivity (Wildman–Crippen MR) is 68.1 cm³/mol. The highest BCUT2D eigenvalue weighted by molar-refractivity contribution is 6.29. The van der Waals surface area contributed by atoms with Crippen molar-refractivity contribution in [3.63, 3.8) is 0 Å². The van der Waals surface area contributed by atoms with Crippen LogP contribution in [0.25, 0.3) is 17.5 Å². The lowest BCUT2D eigenvalue weighted by atomic mass is 10.3. The largest absolute Gasteiger partial charge is 0.436 e. The minimum absolute atomic E-state index is 0.438. The van der Waals surface area contributed by atoms with E-state index in [1.54, 1.807) is 30.6 Å². The molecule has 0 amide bonds. The van der Waals surface area contributed by atoms with Gasteiger partial charge in [0.05, 0.1) is 11.3 Å². The average Bonchev–Trinajstić information content (AvgIpc) is 2.69. The Hall–Kier alpha value is -1.94. The zero-order valence-electron chi connectivity index (χ0n) is 9.22. The van der Waals surface area contributed by atoms with Gasteiger partial charge in [-0.15, -0.1) is 0 Å². The highest BCUT2D eigenvalue weighted by Crippen LogP contribution is 2.22. The third-order valence-electron chi connectivity index (χ3n) is 2.14. The fourth-order valence-corrected chi connectivity index (χ4v) is 1.42. The summed E-state index contributed by atoms with van der Waals surface area (Å²) in [6.07, 6.45) is 4.88. The van der Waals surface area contributed by atoms with Crippen molar-refractivity contribution in [3.05, 3.63) is 41.1 Å². The number of hydrogen-bond acceptors (Lipinski definition) is 4. The number of rotatable bonds is 3. The molecule has 2 rings (SSSR count). The second-order valence-corrected chi connectivity index (χ2v) is 3.72. The first kappa shape index (κ1) is 11.5. The van der Waals surface area contributed by atoms with Crippen molar-refractivity contribution in [1.82, 2.24) is 9.97 Å². The van der Waals surface area contributed by atoms with E-state index in [-0.39, 0.29) is 0 Å². The Labute approximate surface area is 104 Å². The average molecular weight is 248 g/mol. The maximum Gasteiger partial charge on any atom is 0.228 e. The summed E-state index contributed by atoms with van der Waals surface area (Å²) in [5, 5.41) is 0.438. The summed E-state index contributed by atoms with van der Waals surface area (Å²) in [5.41, 5.74) is 1.57. The summed E-state index contributed by atoms with van der Waals surface area (Å²) in [6, 6.07) is 3.50. The monoisotopic (exact) mass is 247 g/mol. The van der Waals surface area contributed by atoms with Crippen molar-refractivity contribution in [2.24, 2.45) is 4.99 Å². The van der Waals surface area contributed by atoms with E-state index in [2.05, 4.69) is 21.7 Å². The molecular formula is C12H10ClN3O. The Morgan fingerprint density at radius 3 is 2.94 bits per heavy atom. The predicted octanol–water partition coefficient (Wildman–Crippen LogP) is 3.37. The smallest absolute Gasteiger partial charge is 0.228 e. The van der Waals surface area contributed by atoms with Crippen molar-refractivity contribution < 1.29 is 4.42 Å². The SMILES string of the molecule is C=N/C=C\c1oc(-c2ccc(Cl)nc2)nc1C. The van der Waals surface area contributed by atoms with E-state index in [1.807, 2.05) is 6.92 Å². The van der Waals surface area contributed by atoms with Crippen molar-refractivity contribution in [3.8, 4) is 11.5 Å². The Morgan fingerprint density at radius 2 is 2.29 bits per heavy atom. The van der Waals surface area contributed by atoms with Gasteiger partial charge in [0.15, 0.2) is 5.76 Å². The minimum Gasteiger partial charge on any atom is -0.436 e. The van der Waals surface area contributed by atoms with E-state index in [4.69, 9.17) is 16.0 Å². The number of nitrogens with zero attached hydrogens (tertiary/aromatic N) is 3. The van der Waals surface area contributed by atoms with Crippen LogP contribution >= 0.6 is 11.6 Å². The van der Waals surface area contributed by atoms with Crippen LogP contribution in [0.1, 0.15) is 11.5 Å². The van der Waals surface area contributed by atoms with Crippen LogP contribution in [0.5, 0.6) is 0 Å². The topological polar surface area (TPSA) is 51.3 Å². The van der Waals surface area contributed by atoms with E-state index in [0.29, 0.717) is 16.8 Å². The summed E-state index contributed by atoms with van der Waals surface area (Å²) in [7, 11) is 0. The molecule has 0 bridgehead atoms. The molecule has 0 aliphatic rings. The number of oxazole rings is 1. The van der Waals surface area contributed by atoms with Crippen LogP contribution in [-0.2, 0) is 0 Å². The van der Waals surface area contributed by atoms with Gasteiger partial charge in [0.2, 0.25) is 5.89 Å². The normalized spacial score (nSPS) is 10.9. The maximum atomic E-state index is 5.71. The lowest BCUT2D eigenvalue weighted by molar-refractivity contribution is 0.563. The Kier molecular flexibility index (Phi) is 3.35. The highest BCUT2D eigenvalue weighted by atomic mass is 35.5. The van der Waals surface area contributed by atoms with Crippen LogP contribution in [0.3, 0.4) is 0 Å². The number of aliphatic imine (C=N–C) groups is 1. The van der Waals surface area contributed by atoms with Gasteiger partial charge < -0.3 is 4.42 Å². The molecule has 0 atom stereocenters. The first-order chi connectivity index (χ1) is 8.20. The fraction of sp³-hybridized carbons (Fsp3) is 0.0833. The lowest BCUT2D eigenvalue weighted by Gasteiger charge is -1.93. The number of aryl methyl sites for hydroxylation is 1. The molecule has 0 aliphatic heterocycles. The summed E-state index contributed by atoms with van der Waals surface area (Å²) >= 11 is 5.71. The van der Waals surface area contributed by atoms with Crippen molar-refractivity contribution >= 4 is 24.4 Å². The molecule has 0 spiro atoms. The molecule has 17 heavy (non-hydrogen) atoms. The Balaban J connectivity index is 2.37. The molecule has 0 saturated carbocycles. The van der Waals surface area contributed by atoms with Gasteiger partial charge in [-0.25, -0.2) is 9.97 Å². The summed E-state index contributed by atoms with van der Waals surface area (Å²) in [6.45, 7) is 5.22. The number of aromatic nitrogens is 2. The summed E-state index contributed by atoms with van der Waals surface area (Å²) in [4.78, 5) is 11.9. The van der Waals surface area contributed by atoms with Gasteiger partial charge in [-0.2, -0.15) is 0 Å². The van der Waals surface area contributed by atoms with Gasteiger partial charge in [0.25, 0.3) is 0 Å². The van der Waals surface area contributed by atoms with Gasteiger partial charge in [-0.3, -0.25) is 4.99 Å². The zero-order valence-corrected chi connectivity index (χ0v) is 9.98. The quantitative estimate of drug-likeness (QED) is 0.617. The van der Waals surface area contributed by atoms with Crippen LogP contribution < -0.4 is 0 Å². The van der Waals surface area contributed by atoms with Crippen LogP contribution in [0.2, 0.25) is 5.15 Å². The van der Waals surface area contributed by atoms with Crippen molar-refractivity contribution in [1.29, 1.82) is 0 Å². The summed E-state index contributed by atoms with van der Waals surface area (Å²) in [5.74, 6) is 1.16. The van der Waals surface area contributed by atoms with Gasteiger partial charge in [0.1, 0.15) is 5.15 Å². The maximum absolute atomic E-state index is 5.71. The van der Waals surface area contributed by atoms with E-state index < -0.39 is 0 Å². The van der Waals surface area contributed by atoms with Crippen LogP contribution in [0.15, 0.2) is 33.9 Å². The van der Waals surface area contributed by atoms with Crippen LogP contribution in [-0.4, -0.2) is 16.7 Å². The molecule has 2 heterocycles. The van der Waals surface area contributed by atoms with Crippen LogP contribution in [0, 0.1) is 6.92 Å². The Bertz CT molecular complexity index is 558. The van der Waals surface area contributed by atoms with Crippen molar-refractivity contribution in [2.45, 2.75) is 6.92 Å². The molecular weight excluding hydrogens is 238 g/mol. The van der Waals surface area contributed by atoms with Gasteiger partial charge in [-0.1, -0.05) is 11.6 Å².